The Balaban J connectivity index is 1.87. The monoisotopic (exact) mass is 384 g/mol. The lowest BCUT2D eigenvalue weighted by molar-refractivity contribution is -0.115. The maximum absolute atomic E-state index is 14.5. The molecule has 0 radical (unpaired) electrons. The molecule has 6 nitrogen and oxygen atoms in total. The van der Waals surface area contributed by atoms with Gasteiger partial charge in [0, 0.05) is 37.2 Å². The van der Waals surface area contributed by atoms with Gasteiger partial charge in [-0.1, -0.05) is 6.92 Å². The third-order valence-corrected chi connectivity index (χ3v) is 4.48. The largest absolute Gasteiger partial charge is 0.477 e. The third-order valence-electron chi connectivity index (χ3n) is 4.48. The molecule has 144 valence electrons. The van der Waals surface area contributed by atoms with Gasteiger partial charge in [-0.3, -0.25) is 4.79 Å². The molecule has 1 N–H and O–H groups in total. The highest BCUT2D eigenvalue weighted by molar-refractivity contribution is 5.91. The van der Waals surface area contributed by atoms with Crippen molar-refractivity contribution in [2.75, 3.05) is 11.9 Å². The van der Waals surface area contributed by atoms with E-state index in [0.717, 1.165) is 12.5 Å². The molecular formula is C20H18F2N4O2. The Morgan fingerprint density at radius 2 is 2.14 bits per heavy atom. The van der Waals surface area contributed by atoms with Crippen LogP contribution in [0, 0.1) is 11.6 Å². The van der Waals surface area contributed by atoms with Gasteiger partial charge < -0.3 is 10.1 Å². The van der Waals surface area contributed by atoms with Crippen LogP contribution in [0.25, 0.3) is 22.4 Å². The van der Waals surface area contributed by atoms with E-state index in [1.807, 2.05) is 0 Å². The number of fused-ring (bicyclic) bond motifs is 1. The lowest BCUT2D eigenvalue weighted by Gasteiger charge is -2.16. The maximum atomic E-state index is 14.5. The van der Waals surface area contributed by atoms with E-state index in [1.165, 1.54) is 12.1 Å². The summed E-state index contributed by atoms with van der Waals surface area (Å²) < 4.78 is 35.4. The smallest absolute Gasteiger partial charge is 0.225 e. The molecule has 0 bridgehead atoms. The minimum atomic E-state index is -0.703. The van der Waals surface area contributed by atoms with Gasteiger partial charge in [0.2, 0.25) is 11.8 Å². The number of halogens is 2. The number of aryl methyl sites for hydroxylation is 1. The number of hydrogen-bond acceptors (Lipinski definition) is 4. The first-order chi connectivity index (χ1) is 13.6. The van der Waals surface area contributed by atoms with Crippen LogP contribution in [-0.2, 0) is 11.3 Å². The number of ether oxygens (including phenoxy) is 1. The highest BCUT2D eigenvalue weighted by Crippen LogP contribution is 2.41. The molecule has 0 aliphatic carbocycles. The molecular weight excluding hydrogens is 366 g/mol. The average molecular weight is 384 g/mol. The number of nitrogens with zero attached hydrogens (tertiary/aromatic N) is 3. The zero-order chi connectivity index (χ0) is 19.7. The van der Waals surface area contributed by atoms with Gasteiger partial charge in [-0.2, -0.15) is 5.10 Å². The van der Waals surface area contributed by atoms with E-state index in [9.17, 15) is 13.6 Å². The first-order valence-corrected chi connectivity index (χ1v) is 9.02. The van der Waals surface area contributed by atoms with Gasteiger partial charge in [0.1, 0.15) is 23.1 Å². The van der Waals surface area contributed by atoms with Crippen LogP contribution >= 0.6 is 0 Å². The molecule has 1 aliphatic heterocycles. The quantitative estimate of drug-likeness (QED) is 0.738. The fourth-order valence-corrected chi connectivity index (χ4v) is 3.14. The molecule has 2 aromatic heterocycles. The summed E-state index contributed by atoms with van der Waals surface area (Å²) in [5, 5.41) is 7.23. The SMILES string of the molecule is CCC(=O)Nc1cc(-c2c(-c3ccc(F)cc3F)nn3c2OCCC3)ccn1. The molecule has 1 amide bonds. The van der Waals surface area contributed by atoms with E-state index in [4.69, 9.17) is 4.74 Å². The second kappa shape index (κ2) is 7.38. The summed E-state index contributed by atoms with van der Waals surface area (Å²) in [6, 6.07) is 6.82. The van der Waals surface area contributed by atoms with Crippen molar-refractivity contribution in [2.45, 2.75) is 26.3 Å². The van der Waals surface area contributed by atoms with Gasteiger partial charge in [-0.25, -0.2) is 18.4 Å². The average Bonchev–Trinajstić information content (AvgIpc) is 3.07. The Hall–Kier alpha value is -3.29. The van der Waals surface area contributed by atoms with Crippen molar-refractivity contribution < 1.29 is 18.3 Å². The Bertz CT molecular complexity index is 1050. The first kappa shape index (κ1) is 18.1. The van der Waals surface area contributed by atoms with Crippen LogP contribution in [0.5, 0.6) is 5.88 Å². The number of amides is 1. The number of rotatable bonds is 4. The summed E-state index contributed by atoms with van der Waals surface area (Å²) in [6.07, 6.45) is 2.66. The van der Waals surface area contributed by atoms with Crippen molar-refractivity contribution >= 4 is 11.7 Å². The molecule has 1 aromatic carbocycles. The van der Waals surface area contributed by atoms with Gasteiger partial charge in [0.05, 0.1) is 12.2 Å². The van der Waals surface area contributed by atoms with E-state index < -0.39 is 11.6 Å². The predicted octanol–water partition coefficient (Wildman–Crippen LogP) is 4.02. The topological polar surface area (TPSA) is 69.0 Å². The third kappa shape index (κ3) is 3.33. The number of aromatic nitrogens is 3. The van der Waals surface area contributed by atoms with E-state index in [2.05, 4.69) is 15.4 Å². The van der Waals surface area contributed by atoms with Crippen LogP contribution in [0.2, 0.25) is 0 Å². The van der Waals surface area contributed by atoms with Gasteiger partial charge in [-0.05, 0) is 29.8 Å². The van der Waals surface area contributed by atoms with Crippen molar-refractivity contribution in [2.24, 2.45) is 0 Å². The van der Waals surface area contributed by atoms with Crippen LogP contribution in [-0.4, -0.2) is 27.3 Å². The summed E-state index contributed by atoms with van der Waals surface area (Å²) >= 11 is 0. The number of nitrogens with one attached hydrogen (secondary N) is 1. The Morgan fingerprint density at radius 1 is 1.29 bits per heavy atom. The molecule has 0 fully saturated rings. The molecule has 0 saturated heterocycles. The first-order valence-electron chi connectivity index (χ1n) is 9.02. The maximum Gasteiger partial charge on any atom is 0.225 e. The molecule has 4 rings (SSSR count). The number of pyridine rings is 1. The van der Waals surface area contributed by atoms with Crippen LogP contribution in [0.15, 0.2) is 36.5 Å². The van der Waals surface area contributed by atoms with Gasteiger partial charge in [0.15, 0.2) is 0 Å². The number of carbonyl (C=O) groups is 1. The molecule has 1 aliphatic rings. The molecule has 0 unspecified atom stereocenters. The van der Waals surface area contributed by atoms with Crippen molar-refractivity contribution in [3.63, 3.8) is 0 Å². The van der Waals surface area contributed by atoms with Crippen molar-refractivity contribution in [1.29, 1.82) is 0 Å². The van der Waals surface area contributed by atoms with E-state index in [-0.39, 0.29) is 11.5 Å². The van der Waals surface area contributed by atoms with Gasteiger partial charge in [-0.15, -0.1) is 0 Å². The number of benzene rings is 1. The summed E-state index contributed by atoms with van der Waals surface area (Å²) in [6.45, 7) is 2.90. The van der Waals surface area contributed by atoms with Gasteiger partial charge in [0.25, 0.3) is 0 Å². The van der Waals surface area contributed by atoms with Crippen LogP contribution < -0.4 is 10.1 Å². The summed E-state index contributed by atoms with van der Waals surface area (Å²) in [5.41, 5.74) is 1.79. The molecule has 0 spiro atoms. The minimum Gasteiger partial charge on any atom is -0.477 e. The minimum absolute atomic E-state index is 0.164. The fourth-order valence-electron chi connectivity index (χ4n) is 3.14. The zero-order valence-corrected chi connectivity index (χ0v) is 15.2. The standard InChI is InChI=1S/C20H18F2N4O2/c1-2-17(27)24-16-10-12(6-7-23-16)18-19(14-5-4-13(21)11-15(14)22)25-26-8-3-9-28-20(18)26/h4-7,10-11H,2-3,8-9H2,1H3,(H,23,24,27). The fraction of sp³-hybridized carbons (Fsp3) is 0.250. The van der Waals surface area contributed by atoms with Crippen molar-refractivity contribution in [1.82, 2.24) is 14.8 Å². The highest BCUT2D eigenvalue weighted by Gasteiger charge is 2.26. The van der Waals surface area contributed by atoms with Crippen molar-refractivity contribution in [3.05, 3.63) is 48.2 Å². The second-order valence-electron chi connectivity index (χ2n) is 6.41. The normalized spacial score (nSPS) is 13.0. The Morgan fingerprint density at radius 3 is 2.93 bits per heavy atom. The van der Waals surface area contributed by atoms with Crippen LogP contribution in [0.1, 0.15) is 19.8 Å². The molecule has 3 heterocycles. The van der Waals surface area contributed by atoms with E-state index in [1.54, 1.807) is 29.9 Å². The number of anilines is 1. The van der Waals surface area contributed by atoms with E-state index >= 15 is 0 Å². The lowest BCUT2D eigenvalue weighted by Crippen LogP contribution is -2.15. The zero-order valence-electron chi connectivity index (χ0n) is 15.2. The molecule has 28 heavy (non-hydrogen) atoms. The summed E-state index contributed by atoms with van der Waals surface area (Å²) in [7, 11) is 0. The van der Waals surface area contributed by atoms with Crippen molar-refractivity contribution in [3.8, 4) is 28.3 Å². The Kier molecular flexibility index (Phi) is 4.77. The Labute approximate surface area is 160 Å². The number of hydrogen-bond donors (Lipinski definition) is 1. The highest BCUT2D eigenvalue weighted by atomic mass is 19.1. The van der Waals surface area contributed by atoms with Crippen LogP contribution in [0.4, 0.5) is 14.6 Å². The molecule has 0 atom stereocenters. The summed E-state index contributed by atoms with van der Waals surface area (Å²) in [5.74, 6) is -0.626. The predicted molar refractivity (Wildman–Crippen MR) is 99.8 cm³/mol. The van der Waals surface area contributed by atoms with Crippen LogP contribution in [0.3, 0.4) is 0 Å². The van der Waals surface area contributed by atoms with E-state index in [0.29, 0.717) is 48.1 Å². The molecule has 3 aromatic rings. The van der Waals surface area contributed by atoms with Gasteiger partial charge >= 0.3 is 0 Å². The molecule has 8 heteroatoms. The molecule has 0 saturated carbocycles. The second-order valence-corrected chi connectivity index (χ2v) is 6.41. The lowest BCUT2D eigenvalue weighted by atomic mass is 10.0. The summed E-state index contributed by atoms with van der Waals surface area (Å²) in [4.78, 5) is 15.9. The number of carbonyl (C=O) groups excluding carboxylic acids is 1.